The third-order valence-electron chi connectivity index (χ3n) is 5.36. The van der Waals surface area contributed by atoms with Crippen LogP contribution in [0.1, 0.15) is 58.8 Å². The quantitative estimate of drug-likeness (QED) is 0.664. The predicted molar refractivity (Wildman–Crippen MR) is 82.2 cm³/mol. The SMILES string of the molecule is CC1CC(CC2CCC([AsH2])C(C)C2)CCC1[AsH2]. The topological polar surface area (TPSA) is 0 Å². The fourth-order valence-electron chi connectivity index (χ4n) is 3.96. The van der Waals surface area contributed by atoms with Crippen molar-refractivity contribution in [2.24, 2.45) is 23.7 Å². The van der Waals surface area contributed by atoms with E-state index in [-0.39, 0.29) is 0 Å². The van der Waals surface area contributed by atoms with Crippen molar-refractivity contribution in [1.82, 2.24) is 0 Å². The van der Waals surface area contributed by atoms with Gasteiger partial charge in [-0.2, -0.15) is 0 Å². The van der Waals surface area contributed by atoms with E-state index in [4.69, 9.17) is 0 Å². The van der Waals surface area contributed by atoms with Crippen LogP contribution in [0.3, 0.4) is 0 Å². The van der Waals surface area contributed by atoms with Gasteiger partial charge in [0.15, 0.2) is 0 Å². The second-order valence-corrected chi connectivity index (χ2v) is 10.5. The molecule has 2 aliphatic carbocycles. The molecule has 0 saturated heterocycles. The van der Waals surface area contributed by atoms with Gasteiger partial charge in [0.1, 0.15) is 0 Å². The first kappa shape index (κ1) is 14.5. The summed E-state index contributed by atoms with van der Waals surface area (Å²) >= 11 is 3.99. The second-order valence-electron chi connectivity index (χ2n) is 6.88. The molecule has 0 bridgehead atoms. The van der Waals surface area contributed by atoms with Crippen molar-refractivity contribution in [3.8, 4) is 0 Å². The summed E-state index contributed by atoms with van der Waals surface area (Å²) in [5.41, 5.74) is 0. The van der Waals surface area contributed by atoms with Gasteiger partial charge in [-0.3, -0.25) is 0 Å². The molecule has 2 fully saturated rings. The molecule has 0 N–H and O–H groups in total. The standard InChI is InChI=1S/C15H30As2/c1-10-7-12(3-5-14(10)16)9-13-4-6-15(17)11(2)8-13/h10-15H,3-9,16-17H2,1-2H3. The molecule has 8 unspecified atom stereocenters. The summed E-state index contributed by atoms with van der Waals surface area (Å²) < 4.78 is 2.10. The van der Waals surface area contributed by atoms with Crippen molar-refractivity contribution in [2.75, 3.05) is 0 Å². The van der Waals surface area contributed by atoms with E-state index >= 15 is 0 Å². The first-order chi connectivity index (χ1) is 8.06. The third-order valence-corrected chi connectivity index (χ3v) is 9.51. The van der Waals surface area contributed by atoms with Crippen LogP contribution in [0.2, 0.25) is 9.41 Å². The Morgan fingerprint density at radius 1 is 0.765 bits per heavy atom. The van der Waals surface area contributed by atoms with Gasteiger partial charge in [-0.1, -0.05) is 0 Å². The van der Waals surface area contributed by atoms with Gasteiger partial charge in [0.05, 0.1) is 0 Å². The van der Waals surface area contributed by atoms with Crippen LogP contribution >= 0.6 is 0 Å². The van der Waals surface area contributed by atoms with Crippen molar-refractivity contribution in [1.29, 1.82) is 0 Å². The van der Waals surface area contributed by atoms with Crippen LogP contribution in [-0.4, -0.2) is 33.7 Å². The molecule has 2 aliphatic rings. The Balaban J connectivity index is 1.78. The molecule has 100 valence electrons. The maximum absolute atomic E-state index is 2.49. The van der Waals surface area contributed by atoms with E-state index < -0.39 is 0 Å². The summed E-state index contributed by atoms with van der Waals surface area (Å²) in [4.78, 5) is 0. The van der Waals surface area contributed by atoms with Gasteiger partial charge in [0.25, 0.3) is 0 Å². The molecule has 0 heterocycles. The summed E-state index contributed by atoms with van der Waals surface area (Å²) in [6.45, 7) is 4.99. The van der Waals surface area contributed by atoms with Gasteiger partial charge in [-0.15, -0.1) is 0 Å². The van der Waals surface area contributed by atoms with Gasteiger partial charge in [0, 0.05) is 0 Å². The maximum atomic E-state index is 2.49. The van der Waals surface area contributed by atoms with Crippen LogP contribution in [0.25, 0.3) is 0 Å². The Morgan fingerprint density at radius 3 is 1.53 bits per heavy atom. The van der Waals surface area contributed by atoms with E-state index in [9.17, 15) is 0 Å². The van der Waals surface area contributed by atoms with Crippen molar-refractivity contribution < 1.29 is 0 Å². The average Bonchev–Trinajstić information content (AvgIpc) is 2.29. The molecule has 0 radical (unpaired) electrons. The molecule has 0 nitrogen and oxygen atoms in total. The number of hydrogen-bond acceptors (Lipinski definition) is 0. The molecule has 0 aromatic rings. The van der Waals surface area contributed by atoms with Gasteiger partial charge in [0.2, 0.25) is 0 Å². The molecular weight excluding hydrogens is 330 g/mol. The van der Waals surface area contributed by atoms with Crippen LogP contribution < -0.4 is 0 Å². The minimum absolute atomic E-state index is 1.01. The van der Waals surface area contributed by atoms with Crippen molar-refractivity contribution in [3.63, 3.8) is 0 Å². The first-order valence-corrected chi connectivity index (χ1v) is 10.4. The van der Waals surface area contributed by atoms with Crippen molar-refractivity contribution in [2.45, 2.75) is 68.2 Å². The average molecular weight is 360 g/mol. The molecule has 0 aromatic heterocycles. The van der Waals surface area contributed by atoms with Gasteiger partial charge >= 0.3 is 126 Å². The van der Waals surface area contributed by atoms with Crippen LogP contribution in [-0.2, 0) is 0 Å². The van der Waals surface area contributed by atoms with E-state index in [0.29, 0.717) is 0 Å². The molecule has 17 heavy (non-hydrogen) atoms. The van der Waals surface area contributed by atoms with E-state index in [0.717, 1.165) is 33.1 Å². The van der Waals surface area contributed by atoms with E-state index in [2.05, 4.69) is 13.8 Å². The fraction of sp³-hybridized carbons (Fsp3) is 1.00. The van der Waals surface area contributed by atoms with Crippen molar-refractivity contribution in [3.05, 3.63) is 0 Å². The molecule has 0 spiro atoms. The summed E-state index contributed by atoms with van der Waals surface area (Å²) in [7, 11) is 0. The van der Waals surface area contributed by atoms with Crippen LogP contribution in [0, 0.1) is 23.7 Å². The summed E-state index contributed by atoms with van der Waals surface area (Å²) in [6, 6.07) is 0. The molecule has 2 saturated carbocycles. The van der Waals surface area contributed by atoms with Gasteiger partial charge in [-0.25, -0.2) is 0 Å². The van der Waals surface area contributed by atoms with Crippen LogP contribution in [0.4, 0.5) is 0 Å². The molecule has 2 heteroatoms. The van der Waals surface area contributed by atoms with E-state index in [1.165, 1.54) is 38.5 Å². The Labute approximate surface area is 125 Å². The van der Waals surface area contributed by atoms with Crippen LogP contribution in [0.5, 0.6) is 0 Å². The van der Waals surface area contributed by atoms with E-state index in [1.807, 2.05) is 33.7 Å². The zero-order chi connectivity index (χ0) is 12.4. The first-order valence-electron chi connectivity index (χ1n) is 7.57. The third kappa shape index (κ3) is 4.04. The molecular formula is C15H30As2. The molecule has 0 aliphatic heterocycles. The van der Waals surface area contributed by atoms with Crippen LogP contribution in [0.15, 0.2) is 0 Å². The summed E-state index contributed by atoms with van der Waals surface area (Å²) in [5.74, 6) is 4.18. The Morgan fingerprint density at radius 2 is 1.18 bits per heavy atom. The Kier molecular flexibility index (Phi) is 5.57. The normalized spacial score (nSPS) is 48.0. The van der Waals surface area contributed by atoms with E-state index in [1.54, 1.807) is 6.42 Å². The number of hydrogen-bond donors (Lipinski definition) is 0. The summed E-state index contributed by atoms with van der Waals surface area (Å²) in [5, 5.41) is 0. The predicted octanol–water partition coefficient (Wildman–Crippen LogP) is 3.09. The fourth-order valence-corrected chi connectivity index (χ4v) is 5.43. The number of rotatable bonds is 2. The second kappa shape index (κ2) is 6.52. The van der Waals surface area contributed by atoms with Gasteiger partial charge < -0.3 is 0 Å². The zero-order valence-corrected chi connectivity index (χ0v) is 16.4. The molecule has 0 amide bonds. The molecule has 0 aromatic carbocycles. The van der Waals surface area contributed by atoms with Gasteiger partial charge in [-0.05, 0) is 0 Å². The monoisotopic (exact) mass is 360 g/mol. The zero-order valence-electron chi connectivity index (χ0n) is 11.6. The molecule has 2 rings (SSSR count). The Bertz CT molecular complexity index is 217. The Hall–Kier alpha value is 1.12. The van der Waals surface area contributed by atoms with Crippen molar-refractivity contribution >= 4 is 33.7 Å². The summed E-state index contributed by atoms with van der Waals surface area (Å²) in [6.07, 6.45) is 10.8. The molecule has 8 atom stereocenters. The minimum atomic E-state index is 1.01.